The van der Waals surface area contributed by atoms with Crippen LogP contribution in [0.25, 0.3) is 0 Å². The lowest BCUT2D eigenvalue weighted by Crippen LogP contribution is -2.50. The van der Waals surface area contributed by atoms with Crippen LogP contribution in [-0.4, -0.2) is 86.3 Å². The molecular weight excluding hydrogens is 363 g/mol. The van der Waals surface area contributed by atoms with Gasteiger partial charge in [0.1, 0.15) is 18.4 Å². The third-order valence-corrected chi connectivity index (χ3v) is 4.32. The predicted molar refractivity (Wildman–Crippen MR) is 77.6 cm³/mol. The second-order valence-electron chi connectivity index (χ2n) is 5.38. The number of aliphatic imine (C=N–C) groups is 2. The highest BCUT2D eigenvalue weighted by Crippen LogP contribution is 2.42. The number of rotatable bonds is 4. The molecular formula is C11H13N4O9P. The van der Waals surface area contributed by atoms with Gasteiger partial charge in [-0.15, -0.1) is 0 Å². The summed E-state index contributed by atoms with van der Waals surface area (Å²) in [5, 5.41) is 9.28. The average molecular weight is 376 g/mol. The molecule has 0 aromatic rings. The molecule has 0 aromatic carbocycles. The van der Waals surface area contributed by atoms with E-state index in [0.717, 1.165) is 4.90 Å². The third kappa shape index (κ3) is 3.13. The van der Waals surface area contributed by atoms with Gasteiger partial charge >= 0.3 is 19.9 Å². The van der Waals surface area contributed by atoms with Crippen molar-refractivity contribution < 1.29 is 43.1 Å². The molecule has 0 spiro atoms. The van der Waals surface area contributed by atoms with E-state index < -0.39 is 50.8 Å². The van der Waals surface area contributed by atoms with Crippen LogP contribution in [0.5, 0.6) is 0 Å². The largest absolute Gasteiger partial charge is 0.469 e. The standard InChI is InChI=1S/C11H13N4O9P/c1-14-9(17)7-8(13-10(14)18)15(11(19)12-7)6-2-4(5(3-16)23-6)24-25(20,21)22/h4-6,16H,2-3H2,1H3,(H2,20,21,22)/t4-,5+,6+/m0/s1. The summed E-state index contributed by atoms with van der Waals surface area (Å²) in [7, 11) is -3.69. The fourth-order valence-corrected chi connectivity index (χ4v) is 3.21. The average Bonchev–Trinajstić information content (AvgIpc) is 3.03. The first-order chi connectivity index (χ1) is 11.6. The monoisotopic (exact) mass is 376 g/mol. The van der Waals surface area contributed by atoms with Crippen LogP contribution in [0.15, 0.2) is 9.98 Å². The van der Waals surface area contributed by atoms with E-state index in [2.05, 4.69) is 14.5 Å². The highest BCUT2D eigenvalue weighted by atomic mass is 31.2. The second kappa shape index (κ2) is 6.05. The topological polar surface area (TPSA) is 179 Å². The van der Waals surface area contributed by atoms with Crippen LogP contribution in [0, 0.1) is 0 Å². The summed E-state index contributed by atoms with van der Waals surface area (Å²) in [5.41, 5.74) is -0.337. The summed E-state index contributed by atoms with van der Waals surface area (Å²) in [4.78, 5) is 62.3. The summed E-state index contributed by atoms with van der Waals surface area (Å²) < 4.78 is 20.9. The van der Waals surface area contributed by atoms with Crippen molar-refractivity contribution >= 4 is 37.3 Å². The number of urea groups is 2. The molecule has 0 unspecified atom stereocenters. The van der Waals surface area contributed by atoms with Gasteiger partial charge in [-0.25, -0.2) is 19.1 Å². The Hall–Kier alpha value is -2.02. The molecule has 5 amide bonds. The molecule has 0 radical (unpaired) electrons. The highest BCUT2D eigenvalue weighted by Gasteiger charge is 2.50. The lowest BCUT2D eigenvalue weighted by Gasteiger charge is -2.26. The summed E-state index contributed by atoms with van der Waals surface area (Å²) in [6, 6.07) is -1.83. The number of amides is 5. The zero-order valence-corrected chi connectivity index (χ0v) is 13.6. The quantitative estimate of drug-likeness (QED) is 0.489. The van der Waals surface area contributed by atoms with Crippen molar-refractivity contribution in [3.8, 4) is 0 Å². The molecule has 3 atom stereocenters. The van der Waals surface area contributed by atoms with E-state index in [1.165, 1.54) is 7.05 Å². The Kier molecular flexibility index (Phi) is 4.31. The molecule has 3 aliphatic rings. The SMILES string of the molecule is CN1C(=O)N=C2C(=NC(=O)N2[C@H]2C[C@H](OP(=O)(O)O)[C@@H](CO)O2)C1=O. The van der Waals surface area contributed by atoms with E-state index in [-0.39, 0.29) is 18.0 Å². The smallest absolute Gasteiger partial charge is 0.394 e. The molecule has 0 aliphatic carbocycles. The molecule has 3 aliphatic heterocycles. The van der Waals surface area contributed by atoms with Crippen molar-refractivity contribution in [3.05, 3.63) is 0 Å². The number of imide groups is 1. The van der Waals surface area contributed by atoms with E-state index in [1.807, 2.05) is 0 Å². The minimum atomic E-state index is -4.86. The molecule has 0 saturated carbocycles. The number of carbonyl (C=O) groups is 3. The first-order valence-electron chi connectivity index (χ1n) is 6.95. The maximum absolute atomic E-state index is 12.1. The van der Waals surface area contributed by atoms with Crippen LogP contribution in [0.2, 0.25) is 0 Å². The molecule has 13 nitrogen and oxygen atoms in total. The summed E-state index contributed by atoms with van der Waals surface area (Å²) >= 11 is 0. The van der Waals surface area contributed by atoms with Crippen molar-refractivity contribution in [1.29, 1.82) is 0 Å². The van der Waals surface area contributed by atoms with Gasteiger partial charge in [0.15, 0.2) is 11.5 Å². The van der Waals surface area contributed by atoms with Crippen LogP contribution in [-0.2, 0) is 18.6 Å². The Morgan fingerprint density at radius 1 is 1.28 bits per heavy atom. The number of aliphatic hydroxyl groups is 1. The Balaban J connectivity index is 1.87. The summed E-state index contributed by atoms with van der Waals surface area (Å²) in [5.74, 6) is -1.12. The zero-order valence-electron chi connectivity index (χ0n) is 12.7. The number of carbonyl (C=O) groups excluding carboxylic acids is 3. The fraction of sp³-hybridized carbons (Fsp3) is 0.545. The predicted octanol–water partition coefficient (Wildman–Crippen LogP) is -1.56. The Labute approximate surface area is 139 Å². The third-order valence-electron chi connectivity index (χ3n) is 3.77. The Morgan fingerprint density at radius 2 is 1.96 bits per heavy atom. The molecule has 3 rings (SSSR count). The molecule has 0 bridgehead atoms. The van der Waals surface area contributed by atoms with Crippen molar-refractivity contribution in [2.24, 2.45) is 9.98 Å². The molecule has 14 heteroatoms. The number of phosphoric acid groups is 1. The van der Waals surface area contributed by atoms with Crippen LogP contribution in [0.1, 0.15) is 6.42 Å². The van der Waals surface area contributed by atoms with Gasteiger partial charge in [-0.3, -0.25) is 14.2 Å². The van der Waals surface area contributed by atoms with Crippen LogP contribution < -0.4 is 0 Å². The molecule has 1 fully saturated rings. The van der Waals surface area contributed by atoms with E-state index >= 15 is 0 Å². The van der Waals surface area contributed by atoms with Crippen LogP contribution >= 0.6 is 7.82 Å². The fourth-order valence-electron chi connectivity index (χ4n) is 2.63. The number of hydrogen-bond donors (Lipinski definition) is 3. The van der Waals surface area contributed by atoms with Gasteiger partial charge in [-0.05, 0) is 0 Å². The first-order valence-corrected chi connectivity index (χ1v) is 8.48. The van der Waals surface area contributed by atoms with E-state index in [9.17, 15) is 24.1 Å². The molecule has 136 valence electrons. The number of ether oxygens (including phenoxy) is 1. The second-order valence-corrected chi connectivity index (χ2v) is 6.57. The summed E-state index contributed by atoms with van der Waals surface area (Å²) in [6.45, 7) is -0.635. The number of phosphoric ester groups is 1. The van der Waals surface area contributed by atoms with Gasteiger partial charge < -0.3 is 19.6 Å². The van der Waals surface area contributed by atoms with E-state index in [4.69, 9.17) is 14.5 Å². The normalized spacial score (nSPS) is 29.9. The van der Waals surface area contributed by atoms with Crippen LogP contribution in [0.4, 0.5) is 9.59 Å². The van der Waals surface area contributed by atoms with Gasteiger partial charge in [-0.1, -0.05) is 0 Å². The maximum Gasteiger partial charge on any atom is 0.469 e. The maximum atomic E-state index is 12.1. The molecule has 3 N–H and O–H groups in total. The molecule has 25 heavy (non-hydrogen) atoms. The van der Waals surface area contributed by atoms with Crippen molar-refractivity contribution in [3.63, 3.8) is 0 Å². The number of fused-ring (bicyclic) bond motifs is 1. The number of aliphatic hydroxyl groups excluding tert-OH is 1. The lowest BCUT2D eigenvalue weighted by molar-refractivity contribution is -0.120. The number of nitrogens with zero attached hydrogens (tertiary/aromatic N) is 4. The van der Waals surface area contributed by atoms with Crippen LogP contribution in [0.3, 0.4) is 0 Å². The highest BCUT2D eigenvalue weighted by molar-refractivity contribution is 7.46. The minimum Gasteiger partial charge on any atom is -0.394 e. The van der Waals surface area contributed by atoms with E-state index in [1.54, 1.807) is 0 Å². The van der Waals surface area contributed by atoms with Gasteiger partial charge in [0.05, 0.1) is 6.61 Å². The van der Waals surface area contributed by atoms with Gasteiger partial charge in [0, 0.05) is 13.5 Å². The summed E-state index contributed by atoms with van der Waals surface area (Å²) in [6.07, 6.45) is -3.76. The first kappa shape index (κ1) is 17.8. The Morgan fingerprint density at radius 3 is 2.56 bits per heavy atom. The van der Waals surface area contributed by atoms with Gasteiger partial charge in [0.25, 0.3) is 5.91 Å². The number of amidine groups is 1. The van der Waals surface area contributed by atoms with Gasteiger partial charge in [0.2, 0.25) is 0 Å². The number of hydrogen-bond acceptors (Lipinski definition) is 7. The minimum absolute atomic E-state index is 0.234. The van der Waals surface area contributed by atoms with Crippen molar-refractivity contribution in [2.45, 2.75) is 24.9 Å². The molecule has 0 aromatic heterocycles. The lowest BCUT2D eigenvalue weighted by atomic mass is 10.2. The molecule has 1 saturated heterocycles. The molecule has 3 heterocycles. The van der Waals surface area contributed by atoms with Crippen molar-refractivity contribution in [1.82, 2.24) is 9.80 Å². The Bertz CT molecular complexity index is 759. The van der Waals surface area contributed by atoms with E-state index in [0.29, 0.717) is 4.90 Å². The zero-order chi connectivity index (χ0) is 18.5. The van der Waals surface area contributed by atoms with Crippen molar-refractivity contribution in [2.75, 3.05) is 13.7 Å². The van der Waals surface area contributed by atoms with Gasteiger partial charge in [-0.2, -0.15) is 9.98 Å².